The smallest absolute Gasteiger partial charge is 0.190 e. The SMILES string of the molecule is CCCCNC(=NC)NCCc1cccc2cccnc12. The highest BCUT2D eigenvalue weighted by Gasteiger charge is 2.02. The normalized spacial score (nSPS) is 11.6. The van der Waals surface area contributed by atoms with Crippen LogP contribution < -0.4 is 10.6 Å². The van der Waals surface area contributed by atoms with E-state index in [2.05, 4.69) is 51.8 Å². The van der Waals surface area contributed by atoms with Crippen LogP contribution in [0.5, 0.6) is 0 Å². The number of hydrogen-bond acceptors (Lipinski definition) is 2. The molecule has 0 aliphatic carbocycles. The van der Waals surface area contributed by atoms with Gasteiger partial charge in [0.1, 0.15) is 0 Å². The Bertz CT molecular complexity index is 587. The largest absolute Gasteiger partial charge is 0.356 e. The van der Waals surface area contributed by atoms with Crippen LogP contribution in [0.3, 0.4) is 0 Å². The molecule has 2 aromatic rings. The summed E-state index contributed by atoms with van der Waals surface area (Å²) in [5.74, 6) is 0.872. The summed E-state index contributed by atoms with van der Waals surface area (Å²) in [4.78, 5) is 8.72. The molecule has 0 amide bonds. The molecule has 0 saturated carbocycles. The number of fused-ring (bicyclic) bond motifs is 1. The van der Waals surface area contributed by atoms with Crippen molar-refractivity contribution in [2.75, 3.05) is 20.1 Å². The van der Waals surface area contributed by atoms with Gasteiger partial charge in [0, 0.05) is 31.7 Å². The van der Waals surface area contributed by atoms with E-state index >= 15 is 0 Å². The lowest BCUT2D eigenvalue weighted by atomic mass is 10.1. The number of pyridine rings is 1. The second kappa shape index (κ2) is 8.25. The van der Waals surface area contributed by atoms with Crippen LogP contribution in [0, 0.1) is 0 Å². The number of aliphatic imine (C=N–C) groups is 1. The van der Waals surface area contributed by atoms with Crippen molar-refractivity contribution in [3.8, 4) is 0 Å². The number of hydrogen-bond donors (Lipinski definition) is 2. The zero-order valence-corrected chi connectivity index (χ0v) is 12.9. The predicted molar refractivity (Wildman–Crippen MR) is 89.7 cm³/mol. The van der Waals surface area contributed by atoms with Gasteiger partial charge in [0.25, 0.3) is 0 Å². The third kappa shape index (κ3) is 4.45. The summed E-state index contributed by atoms with van der Waals surface area (Å²) < 4.78 is 0. The Kier molecular flexibility index (Phi) is 6.00. The van der Waals surface area contributed by atoms with Gasteiger partial charge in [-0.05, 0) is 24.5 Å². The maximum Gasteiger partial charge on any atom is 0.190 e. The zero-order valence-electron chi connectivity index (χ0n) is 12.9. The van der Waals surface area contributed by atoms with Gasteiger partial charge < -0.3 is 10.6 Å². The van der Waals surface area contributed by atoms with Gasteiger partial charge in [-0.25, -0.2) is 0 Å². The van der Waals surface area contributed by atoms with E-state index in [-0.39, 0.29) is 0 Å². The molecule has 112 valence electrons. The molecule has 0 bridgehead atoms. The monoisotopic (exact) mass is 284 g/mol. The van der Waals surface area contributed by atoms with Gasteiger partial charge in [-0.2, -0.15) is 0 Å². The molecular formula is C17H24N4. The summed E-state index contributed by atoms with van der Waals surface area (Å²) in [6.07, 6.45) is 5.13. The molecular weight excluding hydrogens is 260 g/mol. The van der Waals surface area contributed by atoms with E-state index in [4.69, 9.17) is 0 Å². The molecule has 1 aromatic carbocycles. The first kappa shape index (κ1) is 15.3. The van der Waals surface area contributed by atoms with Crippen molar-refractivity contribution in [2.45, 2.75) is 26.2 Å². The molecule has 2 N–H and O–H groups in total. The molecule has 0 unspecified atom stereocenters. The summed E-state index contributed by atoms with van der Waals surface area (Å²) in [5.41, 5.74) is 2.36. The minimum atomic E-state index is 0.849. The third-order valence-electron chi connectivity index (χ3n) is 3.45. The fourth-order valence-corrected chi connectivity index (χ4v) is 2.29. The van der Waals surface area contributed by atoms with E-state index < -0.39 is 0 Å². The second-order valence-electron chi connectivity index (χ2n) is 5.02. The van der Waals surface area contributed by atoms with Crippen molar-refractivity contribution in [1.82, 2.24) is 15.6 Å². The predicted octanol–water partition coefficient (Wildman–Crippen LogP) is 2.74. The maximum absolute atomic E-state index is 4.49. The van der Waals surface area contributed by atoms with Crippen molar-refractivity contribution in [3.05, 3.63) is 42.1 Å². The van der Waals surface area contributed by atoms with Gasteiger partial charge in [0.05, 0.1) is 5.52 Å². The number of guanidine groups is 1. The first-order valence-corrected chi connectivity index (χ1v) is 7.62. The van der Waals surface area contributed by atoms with Gasteiger partial charge in [0.15, 0.2) is 5.96 Å². The molecule has 0 fully saturated rings. The van der Waals surface area contributed by atoms with E-state index in [1.807, 2.05) is 12.3 Å². The maximum atomic E-state index is 4.49. The molecule has 0 aliphatic heterocycles. The van der Waals surface area contributed by atoms with Crippen LogP contribution in [-0.4, -0.2) is 31.1 Å². The summed E-state index contributed by atoms with van der Waals surface area (Å²) in [7, 11) is 1.81. The van der Waals surface area contributed by atoms with Crippen LogP contribution >= 0.6 is 0 Å². The van der Waals surface area contributed by atoms with Crippen LogP contribution in [0.15, 0.2) is 41.5 Å². The first-order chi connectivity index (χ1) is 10.3. The van der Waals surface area contributed by atoms with Crippen molar-refractivity contribution in [3.63, 3.8) is 0 Å². The van der Waals surface area contributed by atoms with Crippen LogP contribution in [0.2, 0.25) is 0 Å². The van der Waals surface area contributed by atoms with Crippen molar-refractivity contribution in [1.29, 1.82) is 0 Å². The van der Waals surface area contributed by atoms with Gasteiger partial charge in [-0.15, -0.1) is 0 Å². The van der Waals surface area contributed by atoms with E-state index in [0.717, 1.165) is 37.4 Å². The second-order valence-corrected chi connectivity index (χ2v) is 5.02. The molecule has 4 heteroatoms. The fraction of sp³-hybridized carbons (Fsp3) is 0.412. The lowest BCUT2D eigenvalue weighted by Crippen LogP contribution is -2.38. The van der Waals surface area contributed by atoms with Crippen molar-refractivity contribution >= 4 is 16.9 Å². The number of para-hydroxylation sites is 1. The van der Waals surface area contributed by atoms with E-state index in [9.17, 15) is 0 Å². The van der Waals surface area contributed by atoms with Crippen LogP contribution in [0.25, 0.3) is 10.9 Å². The Morgan fingerprint density at radius 3 is 2.76 bits per heavy atom. The molecule has 0 radical (unpaired) electrons. The Hall–Kier alpha value is -2.10. The molecule has 0 atom stereocenters. The lowest BCUT2D eigenvalue weighted by molar-refractivity contribution is 0.727. The summed E-state index contributed by atoms with van der Waals surface area (Å²) in [6.45, 7) is 4.00. The van der Waals surface area contributed by atoms with E-state index in [0.29, 0.717) is 0 Å². The van der Waals surface area contributed by atoms with E-state index in [1.54, 1.807) is 7.05 Å². The highest BCUT2D eigenvalue weighted by Crippen LogP contribution is 2.15. The van der Waals surface area contributed by atoms with Gasteiger partial charge in [-0.1, -0.05) is 37.6 Å². The summed E-state index contributed by atoms with van der Waals surface area (Å²) >= 11 is 0. The van der Waals surface area contributed by atoms with Gasteiger partial charge in [-0.3, -0.25) is 9.98 Å². The first-order valence-electron chi connectivity index (χ1n) is 7.62. The number of nitrogens with one attached hydrogen (secondary N) is 2. The summed E-state index contributed by atoms with van der Waals surface area (Å²) in [6, 6.07) is 10.4. The highest BCUT2D eigenvalue weighted by molar-refractivity contribution is 5.82. The number of rotatable bonds is 6. The highest BCUT2D eigenvalue weighted by atomic mass is 15.2. The summed E-state index contributed by atoms with van der Waals surface area (Å²) in [5, 5.41) is 7.86. The number of aromatic nitrogens is 1. The quantitative estimate of drug-likeness (QED) is 0.487. The Labute approximate surface area is 126 Å². The molecule has 0 spiro atoms. The lowest BCUT2D eigenvalue weighted by Gasteiger charge is -2.12. The minimum absolute atomic E-state index is 0.849. The Morgan fingerprint density at radius 1 is 1.14 bits per heavy atom. The minimum Gasteiger partial charge on any atom is -0.356 e. The molecule has 21 heavy (non-hydrogen) atoms. The molecule has 0 aliphatic rings. The molecule has 2 rings (SSSR count). The Morgan fingerprint density at radius 2 is 1.95 bits per heavy atom. The van der Waals surface area contributed by atoms with E-state index in [1.165, 1.54) is 17.4 Å². The topological polar surface area (TPSA) is 49.3 Å². The third-order valence-corrected chi connectivity index (χ3v) is 3.45. The average Bonchev–Trinajstić information content (AvgIpc) is 2.53. The molecule has 0 saturated heterocycles. The van der Waals surface area contributed by atoms with Gasteiger partial charge >= 0.3 is 0 Å². The zero-order chi connectivity index (χ0) is 14.9. The average molecular weight is 284 g/mol. The van der Waals surface area contributed by atoms with Crippen molar-refractivity contribution in [2.24, 2.45) is 4.99 Å². The molecule has 4 nitrogen and oxygen atoms in total. The van der Waals surface area contributed by atoms with Crippen molar-refractivity contribution < 1.29 is 0 Å². The number of unbranched alkanes of at least 4 members (excludes halogenated alkanes) is 1. The molecule has 1 aromatic heterocycles. The standard InChI is InChI=1S/C17H24N4/c1-3-4-11-20-17(18-2)21-13-10-15-8-5-7-14-9-6-12-19-16(14)15/h5-9,12H,3-4,10-11,13H2,1-2H3,(H2,18,20,21). The van der Waals surface area contributed by atoms with Crippen LogP contribution in [0.1, 0.15) is 25.3 Å². The number of nitrogens with zero attached hydrogens (tertiary/aromatic N) is 2. The molecule has 1 heterocycles. The number of benzene rings is 1. The Balaban J connectivity index is 1.90. The van der Waals surface area contributed by atoms with Crippen LogP contribution in [-0.2, 0) is 6.42 Å². The van der Waals surface area contributed by atoms with Crippen LogP contribution in [0.4, 0.5) is 0 Å². The fourth-order valence-electron chi connectivity index (χ4n) is 2.29. The van der Waals surface area contributed by atoms with Gasteiger partial charge in [0.2, 0.25) is 0 Å².